The van der Waals surface area contributed by atoms with Crippen LogP contribution >= 0.6 is 0 Å². The van der Waals surface area contributed by atoms with Gasteiger partial charge in [-0.3, -0.25) is 4.68 Å². The molecule has 3 aromatic heterocycles. The Kier molecular flexibility index (Phi) is 5.08. The van der Waals surface area contributed by atoms with E-state index >= 15 is 0 Å². The highest BCUT2D eigenvalue weighted by Gasteiger charge is 2.25. The number of fused-ring (bicyclic) bond motifs is 1. The third kappa shape index (κ3) is 3.49. The molecule has 29 heavy (non-hydrogen) atoms. The first-order valence-electron chi connectivity index (χ1n) is 9.68. The van der Waals surface area contributed by atoms with Gasteiger partial charge < -0.3 is 19.5 Å². The number of aryl methyl sites for hydroxylation is 1. The van der Waals surface area contributed by atoms with Crippen LogP contribution in [0, 0.1) is 11.3 Å². The number of carbonyl (C=O) groups is 1. The van der Waals surface area contributed by atoms with E-state index in [4.69, 9.17) is 4.74 Å². The number of nitriles is 1. The minimum Gasteiger partial charge on any atom is -0.449 e. The number of piperazine rings is 1. The smallest absolute Gasteiger partial charge is 0.409 e. The second kappa shape index (κ2) is 7.83. The molecule has 0 unspecified atom stereocenters. The van der Waals surface area contributed by atoms with Crippen molar-refractivity contribution in [1.82, 2.24) is 24.6 Å². The molecule has 3 aromatic rings. The number of aromatic nitrogens is 4. The highest BCUT2D eigenvalue weighted by atomic mass is 16.6. The molecule has 0 bridgehead atoms. The second-order valence-corrected chi connectivity index (χ2v) is 7.03. The number of hydrogen-bond acceptors (Lipinski definition) is 6. The molecule has 9 nitrogen and oxygen atoms in total. The van der Waals surface area contributed by atoms with E-state index in [9.17, 15) is 10.1 Å². The van der Waals surface area contributed by atoms with Crippen LogP contribution in [0.15, 0.2) is 24.7 Å². The third-order valence-electron chi connectivity index (χ3n) is 5.09. The van der Waals surface area contributed by atoms with Crippen LogP contribution in [0.5, 0.6) is 0 Å². The fourth-order valence-corrected chi connectivity index (χ4v) is 3.65. The van der Waals surface area contributed by atoms with Gasteiger partial charge in [0, 0.05) is 51.2 Å². The predicted molar refractivity (Wildman–Crippen MR) is 108 cm³/mol. The van der Waals surface area contributed by atoms with E-state index < -0.39 is 0 Å². The maximum atomic E-state index is 12.1. The molecule has 9 heteroatoms. The fourth-order valence-electron chi connectivity index (χ4n) is 3.65. The molecule has 0 saturated carbocycles. The lowest BCUT2D eigenvalue weighted by atomic mass is 10.1. The molecule has 150 valence electrons. The van der Waals surface area contributed by atoms with Crippen LogP contribution in [0.3, 0.4) is 0 Å². The number of H-pyrrole nitrogens is 1. The predicted octanol–water partition coefficient (Wildman–Crippen LogP) is 2.50. The number of anilines is 1. The van der Waals surface area contributed by atoms with Crippen molar-refractivity contribution in [2.24, 2.45) is 7.05 Å². The maximum absolute atomic E-state index is 12.1. The quantitative estimate of drug-likeness (QED) is 0.730. The largest absolute Gasteiger partial charge is 0.449 e. The molecule has 1 N–H and O–H groups in total. The summed E-state index contributed by atoms with van der Waals surface area (Å²) in [6.45, 7) is 4.90. The summed E-state index contributed by atoms with van der Waals surface area (Å²) in [4.78, 5) is 23.7. The van der Waals surface area contributed by atoms with E-state index in [1.54, 1.807) is 22.0 Å². The third-order valence-corrected chi connectivity index (χ3v) is 5.09. The summed E-state index contributed by atoms with van der Waals surface area (Å²) in [7, 11) is 1.84. The Morgan fingerprint density at radius 2 is 2.14 bits per heavy atom. The molecule has 0 aromatic carbocycles. The first kappa shape index (κ1) is 18.8. The van der Waals surface area contributed by atoms with Gasteiger partial charge in [0.1, 0.15) is 11.7 Å². The molecular formula is C20H23N7O2. The Labute approximate surface area is 168 Å². The van der Waals surface area contributed by atoms with E-state index in [0.29, 0.717) is 44.0 Å². The van der Waals surface area contributed by atoms with Crippen LogP contribution in [0.25, 0.3) is 22.3 Å². The lowest BCUT2D eigenvalue weighted by molar-refractivity contribution is 0.100. The number of carbonyl (C=O) groups excluding carboxylic acids is 1. The zero-order valence-electron chi connectivity index (χ0n) is 16.6. The molecule has 0 radical (unpaired) electrons. The zero-order chi connectivity index (χ0) is 20.4. The number of amides is 1. The van der Waals surface area contributed by atoms with Crippen molar-refractivity contribution in [3.63, 3.8) is 0 Å². The molecule has 1 saturated heterocycles. The fraction of sp³-hybridized carbons (Fsp3) is 0.400. The summed E-state index contributed by atoms with van der Waals surface area (Å²) in [5, 5.41) is 14.9. The van der Waals surface area contributed by atoms with Crippen molar-refractivity contribution in [3.8, 4) is 17.3 Å². The van der Waals surface area contributed by atoms with Gasteiger partial charge in [-0.05, 0) is 12.5 Å². The minimum absolute atomic E-state index is 0.260. The van der Waals surface area contributed by atoms with Gasteiger partial charge in [0.05, 0.1) is 35.1 Å². The van der Waals surface area contributed by atoms with E-state index in [1.807, 2.05) is 26.2 Å². The number of hydrogen-bond donors (Lipinski definition) is 1. The molecule has 0 spiro atoms. The Hall–Kier alpha value is -3.54. The molecule has 4 rings (SSSR count). The summed E-state index contributed by atoms with van der Waals surface area (Å²) >= 11 is 0. The van der Waals surface area contributed by atoms with E-state index in [2.05, 4.69) is 26.0 Å². The van der Waals surface area contributed by atoms with Crippen LogP contribution < -0.4 is 4.90 Å². The maximum Gasteiger partial charge on any atom is 0.409 e. The number of ether oxygens (including phenoxy) is 1. The van der Waals surface area contributed by atoms with Crippen LogP contribution in [0.1, 0.15) is 18.9 Å². The molecule has 1 amide bonds. The van der Waals surface area contributed by atoms with Crippen LogP contribution in [-0.4, -0.2) is 63.5 Å². The minimum atomic E-state index is -0.260. The molecule has 0 aliphatic carbocycles. The molecule has 1 aliphatic rings. The van der Waals surface area contributed by atoms with Crippen LogP contribution in [0.4, 0.5) is 10.5 Å². The van der Waals surface area contributed by atoms with Crippen molar-refractivity contribution in [3.05, 3.63) is 30.2 Å². The van der Waals surface area contributed by atoms with Gasteiger partial charge in [-0.25, -0.2) is 9.78 Å². The monoisotopic (exact) mass is 393 g/mol. The first-order chi connectivity index (χ1) is 14.1. The van der Waals surface area contributed by atoms with E-state index in [0.717, 1.165) is 28.8 Å². The van der Waals surface area contributed by atoms with Gasteiger partial charge in [-0.1, -0.05) is 6.92 Å². The highest BCUT2D eigenvalue weighted by Crippen LogP contribution is 2.35. The van der Waals surface area contributed by atoms with Gasteiger partial charge in [0.25, 0.3) is 0 Å². The molecule has 1 aliphatic heterocycles. The SMILES string of the molecule is CCCOC(=O)N1CCN(c2ccnc3[nH]c(-c4cnn(C)c4)c(C#N)c23)CC1. The summed E-state index contributed by atoms with van der Waals surface area (Å²) in [6, 6.07) is 4.26. The van der Waals surface area contributed by atoms with Crippen molar-refractivity contribution in [2.45, 2.75) is 13.3 Å². The highest BCUT2D eigenvalue weighted by molar-refractivity contribution is 6.00. The summed E-state index contributed by atoms with van der Waals surface area (Å²) < 4.78 is 6.94. The number of nitrogens with one attached hydrogen (secondary N) is 1. The molecule has 4 heterocycles. The lowest BCUT2D eigenvalue weighted by Crippen LogP contribution is -2.49. The van der Waals surface area contributed by atoms with Gasteiger partial charge in [0.2, 0.25) is 0 Å². The summed E-state index contributed by atoms with van der Waals surface area (Å²) in [5.41, 5.74) is 3.73. The van der Waals surface area contributed by atoms with Crippen molar-refractivity contribution in [1.29, 1.82) is 5.26 Å². The number of rotatable bonds is 4. The van der Waals surface area contributed by atoms with Gasteiger partial charge in [0.15, 0.2) is 0 Å². The van der Waals surface area contributed by atoms with Crippen molar-refractivity contribution >= 4 is 22.8 Å². The Morgan fingerprint density at radius 1 is 1.34 bits per heavy atom. The first-order valence-corrected chi connectivity index (χ1v) is 9.68. The zero-order valence-corrected chi connectivity index (χ0v) is 16.6. The molecular weight excluding hydrogens is 370 g/mol. The lowest BCUT2D eigenvalue weighted by Gasteiger charge is -2.35. The Morgan fingerprint density at radius 3 is 2.79 bits per heavy atom. The van der Waals surface area contributed by atoms with Gasteiger partial charge >= 0.3 is 6.09 Å². The van der Waals surface area contributed by atoms with Gasteiger partial charge in [-0.2, -0.15) is 10.4 Å². The molecule has 0 atom stereocenters. The van der Waals surface area contributed by atoms with Crippen LogP contribution in [-0.2, 0) is 11.8 Å². The van der Waals surface area contributed by atoms with Crippen LogP contribution in [0.2, 0.25) is 0 Å². The average molecular weight is 393 g/mol. The topological polar surface area (TPSA) is 103 Å². The number of nitrogens with zero attached hydrogens (tertiary/aromatic N) is 6. The van der Waals surface area contributed by atoms with Crippen molar-refractivity contribution in [2.75, 3.05) is 37.7 Å². The van der Waals surface area contributed by atoms with Gasteiger partial charge in [-0.15, -0.1) is 0 Å². The normalized spacial score (nSPS) is 14.2. The Balaban J connectivity index is 1.63. The van der Waals surface area contributed by atoms with Crippen molar-refractivity contribution < 1.29 is 9.53 Å². The standard InChI is InChI=1S/C20H23N7O2/c1-3-10-29-20(28)27-8-6-26(7-9-27)16-4-5-22-19-17(16)15(11-21)18(24-19)14-12-23-25(2)13-14/h4-5,12-13H,3,6-10H2,1-2H3,(H,22,24). The number of aromatic amines is 1. The van der Waals surface area contributed by atoms with E-state index in [-0.39, 0.29) is 6.09 Å². The summed E-state index contributed by atoms with van der Waals surface area (Å²) in [5.74, 6) is 0. The summed E-state index contributed by atoms with van der Waals surface area (Å²) in [6.07, 6.45) is 5.89. The number of pyridine rings is 1. The molecule has 1 fully saturated rings. The second-order valence-electron chi connectivity index (χ2n) is 7.03. The average Bonchev–Trinajstić information content (AvgIpc) is 3.35. The Bertz CT molecular complexity index is 1070. The van der Waals surface area contributed by atoms with E-state index in [1.165, 1.54) is 0 Å².